The van der Waals surface area contributed by atoms with Gasteiger partial charge in [-0.3, -0.25) is 0 Å². The molecule has 1 aliphatic rings. The second kappa shape index (κ2) is 8.76. The van der Waals surface area contributed by atoms with E-state index in [0.29, 0.717) is 6.04 Å². The zero-order valence-electron chi connectivity index (χ0n) is 19.1. The lowest BCUT2D eigenvalue weighted by Crippen LogP contribution is -2.34. The summed E-state index contributed by atoms with van der Waals surface area (Å²) in [7, 11) is 0. The van der Waals surface area contributed by atoms with Crippen molar-refractivity contribution in [3.8, 4) is 11.1 Å². The van der Waals surface area contributed by atoms with E-state index in [1.54, 1.807) is 0 Å². The Bertz CT molecular complexity index is 1020. The quantitative estimate of drug-likeness (QED) is 0.548. The van der Waals surface area contributed by atoms with Gasteiger partial charge in [-0.1, -0.05) is 37.0 Å². The van der Waals surface area contributed by atoms with Gasteiger partial charge in [0.05, 0.1) is 11.3 Å². The van der Waals surface area contributed by atoms with E-state index in [2.05, 4.69) is 63.5 Å². The van der Waals surface area contributed by atoms with Crippen LogP contribution in [0.1, 0.15) is 60.2 Å². The summed E-state index contributed by atoms with van der Waals surface area (Å²) in [6.45, 7) is 12.5. The minimum absolute atomic E-state index is 0.686. The first kappa shape index (κ1) is 20.9. The Balaban J connectivity index is 1.61. The maximum absolute atomic E-state index is 4.88. The number of fused-ring (bicyclic) bond motifs is 1. The van der Waals surface area contributed by atoms with Crippen LogP contribution < -0.4 is 10.6 Å². The fourth-order valence-electron chi connectivity index (χ4n) is 5.01. The normalized spacial score (nSPS) is 15.1. The molecule has 0 atom stereocenters. The summed E-state index contributed by atoms with van der Waals surface area (Å²) in [6.07, 6.45) is 6.75. The zero-order valence-corrected chi connectivity index (χ0v) is 19.1. The molecule has 0 aliphatic heterocycles. The third-order valence-corrected chi connectivity index (χ3v) is 6.29. The number of hydrogen-bond acceptors (Lipinski definition) is 4. The topological polar surface area (TPSA) is 54.2 Å². The van der Waals surface area contributed by atoms with Crippen LogP contribution in [-0.4, -0.2) is 33.7 Å². The van der Waals surface area contributed by atoms with Crippen molar-refractivity contribution in [2.45, 2.75) is 72.8 Å². The van der Waals surface area contributed by atoms with Crippen LogP contribution in [0.15, 0.2) is 18.2 Å². The molecule has 2 aromatic heterocycles. The Morgan fingerprint density at radius 1 is 0.900 bits per heavy atom. The molecule has 0 spiro atoms. The largest absolute Gasteiger partial charge is 0.369 e. The van der Waals surface area contributed by atoms with Crippen molar-refractivity contribution in [3.05, 3.63) is 46.3 Å². The highest BCUT2D eigenvalue weighted by Gasteiger charge is 2.19. The third kappa shape index (κ3) is 4.22. The van der Waals surface area contributed by atoms with Crippen LogP contribution in [0.2, 0.25) is 0 Å². The Morgan fingerprint density at radius 3 is 2.30 bits per heavy atom. The Morgan fingerprint density at radius 2 is 1.60 bits per heavy atom. The van der Waals surface area contributed by atoms with Crippen molar-refractivity contribution in [2.24, 2.45) is 0 Å². The number of aryl methyl sites for hydroxylation is 5. The Hall–Kier alpha value is -2.40. The van der Waals surface area contributed by atoms with Gasteiger partial charge in [0.1, 0.15) is 5.82 Å². The molecule has 1 fully saturated rings. The number of anilines is 1. The van der Waals surface area contributed by atoms with Gasteiger partial charge in [-0.05, 0) is 64.2 Å². The second-order valence-corrected chi connectivity index (χ2v) is 8.97. The van der Waals surface area contributed by atoms with Crippen LogP contribution in [0.25, 0.3) is 16.8 Å². The van der Waals surface area contributed by atoms with E-state index in [-0.39, 0.29) is 0 Å². The number of nitrogens with zero attached hydrogens (tertiary/aromatic N) is 3. The molecule has 160 valence electrons. The third-order valence-electron chi connectivity index (χ3n) is 6.29. The average molecular weight is 406 g/mol. The molecule has 30 heavy (non-hydrogen) atoms. The number of nitrogens with one attached hydrogen (secondary N) is 2. The minimum Gasteiger partial charge on any atom is -0.369 e. The summed E-state index contributed by atoms with van der Waals surface area (Å²) >= 11 is 0. The lowest BCUT2D eigenvalue weighted by atomic mass is 9.94. The van der Waals surface area contributed by atoms with Gasteiger partial charge in [-0.25, -0.2) is 4.98 Å². The molecule has 0 unspecified atom stereocenters. The summed E-state index contributed by atoms with van der Waals surface area (Å²) < 4.78 is 1.98. The van der Waals surface area contributed by atoms with E-state index >= 15 is 0 Å². The van der Waals surface area contributed by atoms with Crippen LogP contribution in [0.4, 0.5) is 5.82 Å². The maximum Gasteiger partial charge on any atom is 0.165 e. The van der Waals surface area contributed by atoms with Gasteiger partial charge in [-0.15, -0.1) is 0 Å². The lowest BCUT2D eigenvalue weighted by Gasteiger charge is -2.23. The molecule has 0 bridgehead atoms. The van der Waals surface area contributed by atoms with Gasteiger partial charge in [0.25, 0.3) is 0 Å². The summed E-state index contributed by atoms with van der Waals surface area (Å²) in [4.78, 5) is 4.88. The number of aromatic nitrogens is 3. The van der Waals surface area contributed by atoms with Crippen LogP contribution in [-0.2, 0) is 0 Å². The number of hydrogen-bond donors (Lipinski definition) is 2. The van der Waals surface area contributed by atoms with Crippen molar-refractivity contribution in [1.29, 1.82) is 0 Å². The maximum atomic E-state index is 4.88. The molecular weight excluding hydrogens is 370 g/mol. The molecule has 1 aliphatic carbocycles. The standard InChI is InChI=1S/C25H35N5/c1-16-13-17(2)23(18(3)14-16)24-20(5)29-30-22(15-19(4)28-25(24)30)27-12-11-26-21-9-7-6-8-10-21/h13-15,21,26-27H,6-12H2,1-5H3. The molecule has 5 nitrogen and oxygen atoms in total. The fraction of sp³-hybridized carbons (Fsp3) is 0.520. The Labute approximate surface area is 180 Å². The molecule has 1 aromatic carbocycles. The summed E-state index contributed by atoms with van der Waals surface area (Å²) in [5, 5.41) is 12.2. The van der Waals surface area contributed by atoms with Crippen molar-refractivity contribution >= 4 is 11.5 Å². The van der Waals surface area contributed by atoms with Crippen molar-refractivity contribution < 1.29 is 0 Å². The van der Waals surface area contributed by atoms with Gasteiger partial charge < -0.3 is 10.6 Å². The van der Waals surface area contributed by atoms with E-state index in [4.69, 9.17) is 10.1 Å². The molecule has 1 saturated carbocycles. The van der Waals surface area contributed by atoms with Crippen LogP contribution in [0.3, 0.4) is 0 Å². The Kier molecular flexibility index (Phi) is 6.09. The minimum atomic E-state index is 0.686. The van der Waals surface area contributed by atoms with Gasteiger partial charge in [0, 0.05) is 30.9 Å². The molecule has 0 amide bonds. The zero-order chi connectivity index (χ0) is 21.3. The second-order valence-electron chi connectivity index (χ2n) is 8.97. The van der Waals surface area contributed by atoms with Crippen molar-refractivity contribution in [1.82, 2.24) is 19.9 Å². The average Bonchev–Trinajstić information content (AvgIpc) is 3.01. The van der Waals surface area contributed by atoms with E-state index in [9.17, 15) is 0 Å². The van der Waals surface area contributed by atoms with Crippen LogP contribution >= 0.6 is 0 Å². The first-order valence-corrected chi connectivity index (χ1v) is 11.4. The van der Waals surface area contributed by atoms with E-state index in [0.717, 1.165) is 41.5 Å². The predicted molar refractivity (Wildman–Crippen MR) is 125 cm³/mol. The SMILES string of the molecule is Cc1cc(C)c(-c2c(C)nn3c(NCCNC4CCCCC4)cc(C)nc23)c(C)c1. The van der Waals surface area contributed by atoms with E-state index in [1.807, 2.05) is 4.52 Å². The molecule has 0 saturated heterocycles. The highest BCUT2D eigenvalue weighted by molar-refractivity contribution is 5.84. The first-order valence-electron chi connectivity index (χ1n) is 11.4. The molecule has 4 rings (SSSR count). The molecule has 0 radical (unpaired) electrons. The van der Waals surface area contributed by atoms with Crippen LogP contribution in [0.5, 0.6) is 0 Å². The fourth-order valence-corrected chi connectivity index (χ4v) is 5.01. The van der Waals surface area contributed by atoms with Crippen LogP contribution in [0, 0.1) is 34.6 Å². The van der Waals surface area contributed by atoms with E-state index < -0.39 is 0 Å². The smallest absolute Gasteiger partial charge is 0.165 e. The molecule has 5 heteroatoms. The monoisotopic (exact) mass is 405 g/mol. The number of benzene rings is 1. The summed E-state index contributed by atoms with van der Waals surface area (Å²) in [6, 6.07) is 7.28. The summed E-state index contributed by atoms with van der Waals surface area (Å²) in [5.74, 6) is 1.01. The highest BCUT2D eigenvalue weighted by Crippen LogP contribution is 2.34. The van der Waals surface area contributed by atoms with E-state index in [1.165, 1.54) is 54.4 Å². The van der Waals surface area contributed by atoms with Crippen molar-refractivity contribution in [3.63, 3.8) is 0 Å². The van der Waals surface area contributed by atoms with Gasteiger partial charge in [-0.2, -0.15) is 9.61 Å². The first-order chi connectivity index (χ1) is 14.4. The van der Waals surface area contributed by atoms with Gasteiger partial charge in [0.15, 0.2) is 5.65 Å². The van der Waals surface area contributed by atoms with Crippen molar-refractivity contribution in [2.75, 3.05) is 18.4 Å². The van der Waals surface area contributed by atoms with Gasteiger partial charge in [0.2, 0.25) is 0 Å². The lowest BCUT2D eigenvalue weighted by molar-refractivity contribution is 0.378. The predicted octanol–water partition coefficient (Wildman–Crippen LogP) is 5.27. The summed E-state index contributed by atoms with van der Waals surface area (Å²) in [5.41, 5.74) is 9.22. The molecule has 3 aromatic rings. The molecule has 2 heterocycles. The molecule has 2 N–H and O–H groups in total. The van der Waals surface area contributed by atoms with Gasteiger partial charge >= 0.3 is 0 Å². The highest BCUT2D eigenvalue weighted by atomic mass is 15.3. The number of rotatable bonds is 6. The molecular formula is C25H35N5.